The van der Waals surface area contributed by atoms with Crippen molar-refractivity contribution < 1.29 is 17.5 Å². The van der Waals surface area contributed by atoms with Crippen molar-refractivity contribution in [2.75, 3.05) is 0 Å². The summed E-state index contributed by atoms with van der Waals surface area (Å²) in [5.41, 5.74) is 1.73. The molecule has 0 amide bonds. The van der Waals surface area contributed by atoms with Crippen molar-refractivity contribution in [3.05, 3.63) is 58.9 Å². The van der Waals surface area contributed by atoms with Gasteiger partial charge in [0.05, 0.1) is 0 Å². The second-order valence-corrected chi connectivity index (χ2v) is 7.26. The van der Waals surface area contributed by atoms with Crippen LogP contribution in [0.15, 0.2) is 41.3 Å². The van der Waals surface area contributed by atoms with Crippen molar-refractivity contribution >= 4 is 19.7 Å². The summed E-state index contributed by atoms with van der Waals surface area (Å²) in [6, 6.07) is 9.37. The van der Waals surface area contributed by atoms with Gasteiger partial charge in [-0.3, -0.25) is 0 Å². The summed E-state index contributed by atoms with van der Waals surface area (Å²) in [5, 5.41) is 0. The summed E-state index contributed by atoms with van der Waals surface area (Å²) in [6.07, 6.45) is 0. The Morgan fingerprint density at radius 3 is 2.48 bits per heavy atom. The Hall–Kier alpha value is -1.59. The van der Waals surface area contributed by atoms with Crippen LogP contribution < -0.4 is 4.74 Å². The maximum absolute atomic E-state index is 13.6. The first-order valence-electron chi connectivity index (χ1n) is 6.21. The third kappa shape index (κ3) is 3.74. The Morgan fingerprint density at radius 1 is 1.19 bits per heavy atom. The van der Waals surface area contributed by atoms with Gasteiger partial charge in [0.2, 0.25) is 0 Å². The summed E-state index contributed by atoms with van der Waals surface area (Å²) >= 11 is 0. The Morgan fingerprint density at radius 2 is 1.86 bits per heavy atom. The first-order chi connectivity index (χ1) is 9.79. The number of rotatable bonds is 4. The molecular formula is C15H14ClFO3S. The van der Waals surface area contributed by atoms with Crippen molar-refractivity contribution in [2.45, 2.75) is 25.3 Å². The number of ether oxygens (including phenoxy) is 1. The molecule has 2 aromatic rings. The highest BCUT2D eigenvalue weighted by molar-refractivity contribution is 8.13. The quantitative estimate of drug-likeness (QED) is 0.798. The van der Waals surface area contributed by atoms with Crippen LogP contribution in [-0.4, -0.2) is 8.42 Å². The van der Waals surface area contributed by atoms with E-state index in [4.69, 9.17) is 15.4 Å². The average molecular weight is 329 g/mol. The minimum Gasteiger partial charge on any atom is -0.487 e. The minimum atomic E-state index is -3.94. The van der Waals surface area contributed by atoms with Gasteiger partial charge in [0.1, 0.15) is 23.1 Å². The van der Waals surface area contributed by atoms with Gasteiger partial charge in [0, 0.05) is 16.2 Å². The second kappa shape index (κ2) is 6.03. The highest BCUT2D eigenvalue weighted by Crippen LogP contribution is 2.32. The predicted molar refractivity (Wildman–Crippen MR) is 79.7 cm³/mol. The lowest BCUT2D eigenvalue weighted by Crippen LogP contribution is -2.04. The molecule has 0 saturated carbocycles. The van der Waals surface area contributed by atoms with Crippen LogP contribution >= 0.6 is 10.7 Å². The van der Waals surface area contributed by atoms with Crippen molar-refractivity contribution in [2.24, 2.45) is 0 Å². The van der Waals surface area contributed by atoms with Gasteiger partial charge in [0.25, 0.3) is 9.05 Å². The molecule has 0 fully saturated rings. The molecule has 112 valence electrons. The van der Waals surface area contributed by atoms with E-state index >= 15 is 0 Å². The van der Waals surface area contributed by atoms with Crippen LogP contribution in [0.5, 0.6) is 5.75 Å². The molecule has 0 aliphatic heterocycles. The normalized spacial score (nSPS) is 11.4. The molecule has 0 aliphatic rings. The fourth-order valence-corrected chi connectivity index (χ4v) is 3.16. The zero-order valence-electron chi connectivity index (χ0n) is 11.6. The minimum absolute atomic E-state index is 0.0734. The van der Waals surface area contributed by atoms with Crippen LogP contribution in [-0.2, 0) is 15.7 Å². The molecule has 2 rings (SSSR count). The zero-order valence-corrected chi connectivity index (χ0v) is 13.1. The molecule has 21 heavy (non-hydrogen) atoms. The largest absolute Gasteiger partial charge is 0.487 e. The molecule has 0 bridgehead atoms. The first kappa shape index (κ1) is 15.8. The van der Waals surface area contributed by atoms with Crippen molar-refractivity contribution in [1.82, 2.24) is 0 Å². The molecule has 0 spiro atoms. The SMILES string of the molecule is Cc1cc(C)c(OCc2ccccc2F)c(S(=O)(=O)Cl)c1. The van der Waals surface area contributed by atoms with Gasteiger partial charge in [-0.05, 0) is 37.1 Å². The fourth-order valence-electron chi connectivity index (χ4n) is 2.05. The van der Waals surface area contributed by atoms with Crippen molar-refractivity contribution in [1.29, 1.82) is 0 Å². The second-order valence-electron chi connectivity index (χ2n) is 4.73. The smallest absolute Gasteiger partial charge is 0.265 e. The third-order valence-corrected chi connectivity index (χ3v) is 4.30. The summed E-state index contributed by atoms with van der Waals surface area (Å²) in [6.45, 7) is 3.41. The monoisotopic (exact) mass is 328 g/mol. The standard InChI is InChI=1S/C15H14ClFO3S/c1-10-7-11(2)15(14(8-10)21(16,18)19)20-9-12-5-3-4-6-13(12)17/h3-8H,9H2,1-2H3. The first-order valence-corrected chi connectivity index (χ1v) is 8.52. The Labute approximate surface area is 127 Å². The maximum Gasteiger partial charge on any atom is 0.265 e. The molecule has 0 atom stereocenters. The van der Waals surface area contributed by atoms with Crippen LogP contribution in [0.4, 0.5) is 4.39 Å². The van der Waals surface area contributed by atoms with E-state index in [2.05, 4.69) is 0 Å². The molecular weight excluding hydrogens is 315 g/mol. The maximum atomic E-state index is 13.6. The molecule has 0 saturated heterocycles. The van der Waals surface area contributed by atoms with Gasteiger partial charge < -0.3 is 4.74 Å². The van der Waals surface area contributed by atoms with Crippen LogP contribution in [0.3, 0.4) is 0 Å². The third-order valence-electron chi connectivity index (χ3n) is 2.98. The molecule has 2 aromatic carbocycles. The summed E-state index contributed by atoms with van der Waals surface area (Å²) in [7, 11) is 1.50. The van der Waals surface area contributed by atoms with Crippen molar-refractivity contribution in [3.8, 4) is 5.75 Å². The topological polar surface area (TPSA) is 43.4 Å². The molecule has 0 heterocycles. The lowest BCUT2D eigenvalue weighted by molar-refractivity contribution is 0.290. The fraction of sp³-hybridized carbons (Fsp3) is 0.200. The Bertz CT molecular complexity index is 772. The van der Waals surface area contributed by atoms with Gasteiger partial charge in [-0.2, -0.15) is 0 Å². The molecule has 0 aliphatic carbocycles. The number of hydrogen-bond acceptors (Lipinski definition) is 3. The van der Waals surface area contributed by atoms with E-state index in [1.165, 1.54) is 12.1 Å². The lowest BCUT2D eigenvalue weighted by Gasteiger charge is -2.14. The number of benzene rings is 2. The van der Waals surface area contributed by atoms with Gasteiger partial charge in [0.15, 0.2) is 0 Å². The lowest BCUT2D eigenvalue weighted by atomic mass is 10.1. The molecule has 3 nitrogen and oxygen atoms in total. The van der Waals surface area contributed by atoms with Gasteiger partial charge in [-0.25, -0.2) is 12.8 Å². The predicted octanol–water partition coefficient (Wildman–Crippen LogP) is 3.95. The zero-order chi connectivity index (χ0) is 15.6. The molecule has 0 unspecified atom stereocenters. The van der Waals surface area contributed by atoms with Crippen LogP contribution in [0.25, 0.3) is 0 Å². The van der Waals surface area contributed by atoms with E-state index < -0.39 is 14.9 Å². The highest BCUT2D eigenvalue weighted by Gasteiger charge is 2.20. The van der Waals surface area contributed by atoms with Crippen molar-refractivity contribution in [3.63, 3.8) is 0 Å². The molecule has 6 heteroatoms. The number of halogens is 2. The number of hydrogen-bond donors (Lipinski definition) is 0. The van der Waals surface area contributed by atoms with Gasteiger partial charge in [-0.1, -0.05) is 24.3 Å². The van der Waals surface area contributed by atoms with E-state index in [9.17, 15) is 12.8 Å². The van der Waals surface area contributed by atoms with Crippen LogP contribution in [0, 0.1) is 19.7 Å². The Balaban J connectivity index is 2.39. The highest BCUT2D eigenvalue weighted by atomic mass is 35.7. The summed E-state index contributed by atoms with van der Waals surface area (Å²) in [4.78, 5) is -0.0991. The molecule has 0 radical (unpaired) electrons. The number of aryl methyl sites for hydroxylation is 2. The van der Waals surface area contributed by atoms with Gasteiger partial charge in [-0.15, -0.1) is 0 Å². The summed E-state index contributed by atoms with van der Waals surface area (Å²) in [5.74, 6) is -0.253. The Kier molecular flexibility index (Phi) is 4.54. The van der Waals surface area contributed by atoms with E-state index in [0.717, 1.165) is 5.56 Å². The van der Waals surface area contributed by atoms with E-state index in [1.54, 1.807) is 38.1 Å². The van der Waals surface area contributed by atoms with E-state index in [-0.39, 0.29) is 17.3 Å². The average Bonchev–Trinajstić information content (AvgIpc) is 2.37. The molecule has 0 N–H and O–H groups in total. The van der Waals surface area contributed by atoms with Crippen LogP contribution in [0.1, 0.15) is 16.7 Å². The van der Waals surface area contributed by atoms with Crippen LogP contribution in [0.2, 0.25) is 0 Å². The van der Waals surface area contributed by atoms with Gasteiger partial charge >= 0.3 is 0 Å². The van der Waals surface area contributed by atoms with E-state index in [0.29, 0.717) is 11.1 Å². The van der Waals surface area contributed by atoms with E-state index in [1.807, 2.05) is 0 Å². The molecule has 0 aromatic heterocycles. The summed E-state index contributed by atoms with van der Waals surface area (Å²) < 4.78 is 42.4.